The Morgan fingerprint density at radius 2 is 2.14 bits per heavy atom. The number of benzene rings is 1. The van der Waals surface area contributed by atoms with E-state index in [9.17, 15) is 24.1 Å². The van der Waals surface area contributed by atoms with Crippen LogP contribution in [-0.2, 0) is 9.53 Å². The molecule has 0 saturated carbocycles. The first-order chi connectivity index (χ1) is 17.8. The van der Waals surface area contributed by atoms with Crippen molar-refractivity contribution in [3.05, 3.63) is 105 Å². The lowest BCUT2D eigenvalue weighted by Crippen LogP contribution is -2.39. The number of hydrogen-bond donors (Lipinski definition) is 0. The second kappa shape index (κ2) is 9.71. The van der Waals surface area contributed by atoms with Gasteiger partial charge in [-0.3, -0.25) is 19.5 Å². The molecule has 4 aromatic rings. The third-order valence-corrected chi connectivity index (χ3v) is 7.56. The van der Waals surface area contributed by atoms with Crippen molar-refractivity contribution >= 4 is 40.4 Å². The van der Waals surface area contributed by atoms with Gasteiger partial charge >= 0.3 is 11.7 Å². The largest absolute Gasteiger partial charge is 0.463 e. The number of hydrogen-bond acceptors (Lipinski definition) is 9. The maximum Gasteiger partial charge on any atom is 0.338 e. The predicted molar refractivity (Wildman–Crippen MR) is 135 cm³/mol. The predicted octanol–water partition coefficient (Wildman–Crippen LogP) is 4.17. The number of fused-ring (bicyclic) bond motifs is 1. The number of furan rings is 1. The number of esters is 1. The van der Waals surface area contributed by atoms with Gasteiger partial charge in [0, 0.05) is 22.6 Å². The molecule has 0 aliphatic carbocycles. The van der Waals surface area contributed by atoms with Crippen LogP contribution >= 0.6 is 22.7 Å². The number of ether oxygens (including phenoxy) is 1. The molecular formula is C25H18FN3O6S2. The van der Waals surface area contributed by atoms with Crippen LogP contribution in [0.4, 0.5) is 10.1 Å². The molecule has 1 atom stereocenters. The second-order valence-electron chi connectivity index (χ2n) is 7.94. The number of halogens is 1. The lowest BCUT2D eigenvalue weighted by molar-refractivity contribution is -0.387. The summed E-state index contributed by atoms with van der Waals surface area (Å²) >= 11 is 2.57. The Kier molecular flexibility index (Phi) is 6.44. The van der Waals surface area contributed by atoms with Gasteiger partial charge in [-0.2, -0.15) is 4.39 Å². The average Bonchev–Trinajstić information content (AvgIpc) is 3.61. The van der Waals surface area contributed by atoms with Crippen molar-refractivity contribution in [1.29, 1.82) is 0 Å². The molecule has 0 unspecified atom stereocenters. The van der Waals surface area contributed by atoms with E-state index in [2.05, 4.69) is 4.99 Å². The Hall–Kier alpha value is -4.16. The zero-order valence-electron chi connectivity index (χ0n) is 19.5. The molecule has 1 aliphatic rings. The van der Waals surface area contributed by atoms with Crippen LogP contribution in [0.5, 0.6) is 0 Å². The van der Waals surface area contributed by atoms with Crippen LogP contribution in [0.3, 0.4) is 0 Å². The van der Waals surface area contributed by atoms with Gasteiger partial charge in [0.05, 0.1) is 27.3 Å². The minimum Gasteiger partial charge on any atom is -0.463 e. The summed E-state index contributed by atoms with van der Waals surface area (Å²) in [6.45, 7) is 3.62. The summed E-state index contributed by atoms with van der Waals surface area (Å²) in [6.07, 6.45) is 1.54. The zero-order chi connectivity index (χ0) is 26.3. The molecule has 4 heterocycles. The Balaban J connectivity index is 1.59. The Bertz CT molecular complexity index is 1750. The number of thiazole rings is 1. The molecule has 0 saturated heterocycles. The molecule has 0 N–H and O–H groups in total. The lowest BCUT2D eigenvalue weighted by Gasteiger charge is -2.23. The summed E-state index contributed by atoms with van der Waals surface area (Å²) in [5, 5.41) is 12.9. The van der Waals surface area contributed by atoms with Crippen LogP contribution < -0.4 is 14.9 Å². The monoisotopic (exact) mass is 539 g/mol. The van der Waals surface area contributed by atoms with Gasteiger partial charge in [-0.1, -0.05) is 17.4 Å². The van der Waals surface area contributed by atoms with E-state index in [0.717, 1.165) is 28.3 Å². The van der Waals surface area contributed by atoms with Gasteiger partial charge in [0.2, 0.25) is 5.82 Å². The smallest absolute Gasteiger partial charge is 0.338 e. The van der Waals surface area contributed by atoms with Crippen molar-refractivity contribution in [3.63, 3.8) is 0 Å². The summed E-state index contributed by atoms with van der Waals surface area (Å²) in [6, 6.07) is 9.67. The van der Waals surface area contributed by atoms with E-state index in [0.29, 0.717) is 31.9 Å². The molecule has 0 amide bonds. The Morgan fingerprint density at radius 3 is 2.84 bits per heavy atom. The molecule has 9 nitrogen and oxygen atoms in total. The molecule has 0 fully saturated rings. The van der Waals surface area contributed by atoms with Crippen molar-refractivity contribution in [2.24, 2.45) is 4.99 Å². The number of allylic oxidation sites excluding steroid dienone is 1. The van der Waals surface area contributed by atoms with E-state index in [1.165, 1.54) is 22.0 Å². The highest BCUT2D eigenvalue weighted by Crippen LogP contribution is 2.33. The van der Waals surface area contributed by atoms with Crippen LogP contribution in [0.2, 0.25) is 0 Å². The number of aromatic nitrogens is 1. The standard InChI is InChI=1S/C25H18FN3O6S2/c1-3-34-24(31)21-13(2)27-25-28(22(21)19-5-4-10-36-19)23(30)20(37-25)12-15-7-9-18(35-15)14-6-8-16(26)17(11-14)29(32)33/h4-12,22H,3H2,1-2H3/b20-12-/t22-/m1/s1. The first-order valence-electron chi connectivity index (χ1n) is 11.1. The molecule has 0 bridgehead atoms. The van der Waals surface area contributed by atoms with E-state index in [1.54, 1.807) is 32.1 Å². The SMILES string of the molecule is CCOC(=O)C1=C(C)N=c2s/c(=C\c3ccc(-c4ccc(F)c([N+](=O)[O-])c4)o3)c(=O)n2[C@@H]1c1cccs1. The first-order valence-corrected chi connectivity index (χ1v) is 12.7. The van der Waals surface area contributed by atoms with Gasteiger partial charge in [-0.25, -0.2) is 9.79 Å². The summed E-state index contributed by atoms with van der Waals surface area (Å²) < 4.78 is 26.6. The lowest BCUT2D eigenvalue weighted by atomic mass is 10.0. The van der Waals surface area contributed by atoms with Crippen LogP contribution in [0.1, 0.15) is 30.5 Å². The normalized spacial score (nSPS) is 15.4. The highest BCUT2D eigenvalue weighted by atomic mass is 32.1. The summed E-state index contributed by atoms with van der Waals surface area (Å²) in [5.74, 6) is -0.875. The summed E-state index contributed by atoms with van der Waals surface area (Å²) in [5.41, 5.74) is 0.0859. The molecule has 0 radical (unpaired) electrons. The zero-order valence-corrected chi connectivity index (χ0v) is 21.1. The van der Waals surface area contributed by atoms with E-state index in [1.807, 2.05) is 17.5 Å². The van der Waals surface area contributed by atoms with Gasteiger partial charge in [0.15, 0.2) is 4.80 Å². The van der Waals surface area contributed by atoms with Gasteiger partial charge in [0.25, 0.3) is 5.56 Å². The highest BCUT2D eigenvalue weighted by Gasteiger charge is 2.33. The Labute approximate surface area is 216 Å². The van der Waals surface area contributed by atoms with E-state index < -0.39 is 28.4 Å². The highest BCUT2D eigenvalue weighted by molar-refractivity contribution is 7.10. The number of nitro benzene ring substituents is 1. The topological polar surface area (TPSA) is 117 Å². The van der Waals surface area contributed by atoms with Gasteiger partial charge in [0.1, 0.15) is 17.6 Å². The molecule has 12 heteroatoms. The molecule has 1 aromatic carbocycles. The maximum absolute atomic E-state index is 13.7. The number of carbonyl (C=O) groups excluding carboxylic acids is 1. The minimum atomic E-state index is -0.945. The number of nitrogens with zero attached hydrogens (tertiary/aromatic N) is 3. The average molecular weight is 540 g/mol. The number of carbonyl (C=O) groups is 1. The second-order valence-corrected chi connectivity index (χ2v) is 9.93. The van der Waals surface area contributed by atoms with Gasteiger partial charge in [-0.05, 0) is 49.6 Å². The minimum absolute atomic E-state index is 0.190. The molecular weight excluding hydrogens is 521 g/mol. The molecule has 37 heavy (non-hydrogen) atoms. The van der Waals surface area contributed by atoms with Crippen LogP contribution in [-0.4, -0.2) is 22.1 Å². The maximum atomic E-state index is 13.7. The molecule has 188 valence electrons. The summed E-state index contributed by atoms with van der Waals surface area (Å²) in [4.78, 5) is 42.4. The third kappa shape index (κ3) is 4.45. The van der Waals surface area contributed by atoms with E-state index in [4.69, 9.17) is 9.15 Å². The summed E-state index contributed by atoms with van der Waals surface area (Å²) in [7, 11) is 0. The van der Waals surface area contributed by atoms with Crippen molar-refractivity contribution in [3.8, 4) is 11.3 Å². The van der Waals surface area contributed by atoms with Crippen molar-refractivity contribution < 1.29 is 23.3 Å². The van der Waals surface area contributed by atoms with E-state index >= 15 is 0 Å². The van der Waals surface area contributed by atoms with Crippen molar-refractivity contribution in [1.82, 2.24) is 4.57 Å². The van der Waals surface area contributed by atoms with Crippen molar-refractivity contribution in [2.45, 2.75) is 19.9 Å². The number of nitro groups is 1. The van der Waals surface area contributed by atoms with Crippen LogP contribution in [0, 0.1) is 15.9 Å². The quantitative estimate of drug-likeness (QED) is 0.206. The van der Waals surface area contributed by atoms with Crippen LogP contribution in [0.25, 0.3) is 17.4 Å². The molecule has 3 aromatic heterocycles. The molecule has 0 spiro atoms. The number of rotatable bonds is 6. The van der Waals surface area contributed by atoms with Gasteiger partial charge in [-0.15, -0.1) is 11.3 Å². The molecule has 5 rings (SSSR count). The third-order valence-electron chi connectivity index (χ3n) is 5.66. The van der Waals surface area contributed by atoms with Gasteiger partial charge < -0.3 is 9.15 Å². The fraction of sp³-hybridized carbons (Fsp3) is 0.160. The van der Waals surface area contributed by atoms with Crippen molar-refractivity contribution in [2.75, 3.05) is 6.61 Å². The number of thiophene rings is 1. The Morgan fingerprint density at radius 1 is 1.32 bits per heavy atom. The first kappa shape index (κ1) is 24.5. The van der Waals surface area contributed by atoms with Crippen LogP contribution in [0.15, 0.2) is 73.3 Å². The fourth-order valence-corrected chi connectivity index (χ4v) is 5.88. The van der Waals surface area contributed by atoms with E-state index in [-0.39, 0.29) is 17.9 Å². The fourth-order valence-electron chi connectivity index (χ4n) is 4.03. The molecule has 1 aliphatic heterocycles.